The number of aliphatic hydroxyl groups is 2. The van der Waals surface area contributed by atoms with E-state index in [2.05, 4.69) is 41.9 Å². The maximum absolute atomic E-state index is 10.7. The van der Waals surface area contributed by atoms with Gasteiger partial charge in [-0.15, -0.1) is 0 Å². The number of imidazole rings is 1. The fraction of sp³-hybridized carbons (Fsp3) is 0.567. The molecule has 0 radical (unpaired) electrons. The number of fused-ring (bicyclic) bond motifs is 2. The second-order valence-electron chi connectivity index (χ2n) is 10.6. The van der Waals surface area contributed by atoms with Crippen LogP contribution in [0.1, 0.15) is 57.9 Å². The van der Waals surface area contributed by atoms with Crippen LogP contribution in [0.3, 0.4) is 0 Å². The minimum absolute atomic E-state index is 0.307. The summed E-state index contributed by atoms with van der Waals surface area (Å²) in [6.45, 7) is 7.35. The molecule has 0 spiro atoms. The molecule has 38 heavy (non-hydrogen) atoms. The molecule has 2 saturated heterocycles. The fourth-order valence-electron chi connectivity index (χ4n) is 5.47. The molecular weight excluding hydrogens is 482 g/mol. The van der Waals surface area contributed by atoms with Crippen molar-refractivity contribution in [3.05, 3.63) is 48.0 Å². The Bertz CT molecular complexity index is 1190. The molecule has 5 rings (SSSR count). The van der Waals surface area contributed by atoms with E-state index in [1.807, 2.05) is 24.3 Å². The van der Waals surface area contributed by atoms with Crippen molar-refractivity contribution in [2.45, 2.75) is 103 Å². The molecule has 8 nitrogen and oxygen atoms in total. The van der Waals surface area contributed by atoms with Gasteiger partial charge in [-0.25, -0.2) is 4.98 Å². The van der Waals surface area contributed by atoms with Crippen LogP contribution in [0, 0.1) is 6.92 Å². The summed E-state index contributed by atoms with van der Waals surface area (Å²) in [6.07, 6.45) is 3.02. The summed E-state index contributed by atoms with van der Waals surface area (Å²) in [7, 11) is 0. The number of aryl methyl sites for hydroxylation is 2. The average molecular weight is 524 g/mol. The third-order valence-corrected chi connectivity index (χ3v) is 7.62. The Labute approximate surface area is 224 Å². The molecule has 3 N–H and O–H groups in total. The number of ether oxygens (including phenoxy) is 3. The number of aromatic nitrogens is 2. The highest BCUT2D eigenvalue weighted by Crippen LogP contribution is 2.31. The minimum Gasteiger partial charge on any atom is -0.387 e. The van der Waals surface area contributed by atoms with Crippen LogP contribution in [-0.4, -0.2) is 63.3 Å². The van der Waals surface area contributed by atoms with E-state index in [0.29, 0.717) is 6.61 Å². The highest BCUT2D eigenvalue weighted by atomic mass is 16.7. The Morgan fingerprint density at radius 1 is 0.974 bits per heavy atom. The van der Waals surface area contributed by atoms with E-state index in [0.717, 1.165) is 41.1 Å². The van der Waals surface area contributed by atoms with Crippen LogP contribution in [-0.2, 0) is 20.8 Å². The molecule has 206 valence electrons. The van der Waals surface area contributed by atoms with Gasteiger partial charge in [0.25, 0.3) is 0 Å². The van der Waals surface area contributed by atoms with Gasteiger partial charge in [0.2, 0.25) is 0 Å². The lowest BCUT2D eigenvalue weighted by Gasteiger charge is -2.46. The van der Waals surface area contributed by atoms with Crippen molar-refractivity contribution in [1.82, 2.24) is 9.55 Å². The van der Waals surface area contributed by atoms with Gasteiger partial charge in [-0.3, -0.25) is 0 Å². The Morgan fingerprint density at radius 2 is 1.74 bits per heavy atom. The first kappa shape index (κ1) is 27.1. The maximum atomic E-state index is 10.7. The molecule has 1 unspecified atom stereocenters. The van der Waals surface area contributed by atoms with Crippen molar-refractivity contribution < 1.29 is 24.4 Å². The van der Waals surface area contributed by atoms with Crippen LogP contribution in [0.5, 0.6) is 0 Å². The van der Waals surface area contributed by atoms with Crippen LogP contribution in [0.25, 0.3) is 22.4 Å². The van der Waals surface area contributed by atoms with Crippen molar-refractivity contribution in [2.24, 2.45) is 0 Å². The number of hydrogen-bond donors (Lipinski definition) is 3. The molecule has 0 saturated carbocycles. The predicted octanol–water partition coefficient (Wildman–Crippen LogP) is 4.99. The van der Waals surface area contributed by atoms with Crippen LogP contribution >= 0.6 is 0 Å². The number of benzene rings is 2. The largest absolute Gasteiger partial charge is 0.387 e. The lowest BCUT2D eigenvalue weighted by molar-refractivity contribution is -0.317. The summed E-state index contributed by atoms with van der Waals surface area (Å²) in [5.74, 6) is 0.962. The number of unbranched alkanes of at least 4 members (excludes halogenated alkanes) is 5. The quantitative estimate of drug-likeness (QED) is 0.322. The predicted molar refractivity (Wildman–Crippen MR) is 148 cm³/mol. The third-order valence-electron chi connectivity index (χ3n) is 7.62. The maximum Gasteiger partial charge on any atom is 0.157 e. The summed E-state index contributed by atoms with van der Waals surface area (Å²) in [5.41, 5.74) is 5.19. The molecule has 8 heteroatoms. The molecule has 0 amide bonds. The first-order valence-electron chi connectivity index (χ1n) is 14.1. The van der Waals surface area contributed by atoms with E-state index >= 15 is 0 Å². The van der Waals surface area contributed by atoms with Crippen molar-refractivity contribution in [3.63, 3.8) is 0 Å². The fourth-order valence-corrected chi connectivity index (χ4v) is 5.47. The first-order chi connectivity index (χ1) is 18.4. The van der Waals surface area contributed by atoms with Gasteiger partial charge >= 0.3 is 0 Å². The number of hydrogen-bond acceptors (Lipinski definition) is 7. The molecule has 2 aromatic carbocycles. The summed E-state index contributed by atoms with van der Waals surface area (Å²) in [4.78, 5) is 5.01. The van der Waals surface area contributed by atoms with E-state index < -0.39 is 36.9 Å². The Hall–Kier alpha value is -2.49. The van der Waals surface area contributed by atoms with Gasteiger partial charge in [0.05, 0.1) is 17.6 Å². The molecule has 3 heterocycles. The molecule has 2 aliphatic rings. The van der Waals surface area contributed by atoms with Crippen LogP contribution in [0.15, 0.2) is 42.5 Å². The lowest BCUT2D eigenvalue weighted by Crippen LogP contribution is -2.64. The monoisotopic (exact) mass is 523 g/mol. The zero-order valence-corrected chi connectivity index (χ0v) is 22.7. The molecule has 1 aromatic heterocycles. The molecule has 2 fully saturated rings. The molecule has 2 aliphatic heterocycles. The van der Waals surface area contributed by atoms with Gasteiger partial charge < -0.3 is 34.3 Å². The van der Waals surface area contributed by atoms with Crippen molar-refractivity contribution in [3.8, 4) is 11.4 Å². The van der Waals surface area contributed by atoms with Crippen molar-refractivity contribution in [1.29, 1.82) is 0 Å². The number of aliphatic hydroxyl groups excluding tert-OH is 2. The zero-order chi connectivity index (χ0) is 26.6. The number of nitrogens with zero attached hydrogens (tertiary/aromatic N) is 2. The van der Waals surface area contributed by atoms with E-state index in [1.165, 1.54) is 37.7 Å². The minimum atomic E-state index is -1.13. The van der Waals surface area contributed by atoms with E-state index in [1.54, 1.807) is 6.92 Å². The van der Waals surface area contributed by atoms with Crippen LogP contribution in [0.4, 0.5) is 5.69 Å². The van der Waals surface area contributed by atoms with Gasteiger partial charge in [-0.05, 0) is 62.2 Å². The third kappa shape index (κ3) is 5.90. The number of rotatable bonds is 10. The second kappa shape index (κ2) is 12.1. The Morgan fingerprint density at radius 3 is 2.53 bits per heavy atom. The van der Waals surface area contributed by atoms with Crippen molar-refractivity contribution >= 4 is 16.7 Å². The Kier molecular flexibility index (Phi) is 8.65. The summed E-state index contributed by atoms with van der Waals surface area (Å²) in [5, 5.41) is 24.5. The smallest absolute Gasteiger partial charge is 0.157 e. The van der Waals surface area contributed by atoms with Gasteiger partial charge in [-0.2, -0.15) is 0 Å². The van der Waals surface area contributed by atoms with E-state index in [4.69, 9.17) is 19.2 Å². The number of nitrogens with one attached hydrogen (secondary N) is 1. The molecule has 3 aromatic rings. The van der Waals surface area contributed by atoms with E-state index in [9.17, 15) is 10.2 Å². The normalized spacial score (nSPS) is 27.4. The highest BCUT2D eigenvalue weighted by Gasteiger charge is 2.48. The number of anilines is 1. The molecule has 0 bridgehead atoms. The van der Waals surface area contributed by atoms with Gasteiger partial charge in [0.15, 0.2) is 12.5 Å². The second-order valence-corrected chi connectivity index (χ2v) is 10.6. The lowest BCUT2D eigenvalue weighted by atomic mass is 9.97. The molecule has 0 aliphatic carbocycles. The topological polar surface area (TPSA) is 98.0 Å². The first-order valence-corrected chi connectivity index (χ1v) is 14.1. The summed E-state index contributed by atoms with van der Waals surface area (Å²) in [6, 6.07) is 14.5. The van der Waals surface area contributed by atoms with E-state index in [-0.39, 0.29) is 0 Å². The molecule has 6 atom stereocenters. The van der Waals surface area contributed by atoms with Crippen LogP contribution < -0.4 is 5.32 Å². The molecular formula is C30H41N3O5. The van der Waals surface area contributed by atoms with Gasteiger partial charge in [0, 0.05) is 17.8 Å². The SMILES string of the molecule is CCCCCCCCn1c(-c2ccc(N[C@@H]3O[C@@H]4COC(C)O[C@H]4[C@H](O)[C@H]3O)cc2)nc2cc(C)ccc21. The standard InChI is InChI=1S/C30H41N3O5/c1-4-5-6-7-8-9-16-33-24-15-10-19(2)17-23(24)32-29(33)21-11-13-22(14-12-21)31-30-27(35)26(34)28-25(38-30)18-36-20(3)37-28/h10-15,17,20,25-28,30-31,34-35H,4-9,16,18H2,1-3H3/t20?,25-,26-,27-,28-,30-/m1/s1. The van der Waals surface area contributed by atoms with Crippen LogP contribution in [0.2, 0.25) is 0 Å². The zero-order valence-electron chi connectivity index (χ0n) is 22.7. The van der Waals surface area contributed by atoms with Crippen molar-refractivity contribution in [2.75, 3.05) is 11.9 Å². The summed E-state index contributed by atoms with van der Waals surface area (Å²) < 4.78 is 19.5. The van der Waals surface area contributed by atoms with Gasteiger partial charge in [-0.1, -0.05) is 45.1 Å². The summed E-state index contributed by atoms with van der Waals surface area (Å²) >= 11 is 0. The Balaban J connectivity index is 1.30. The highest BCUT2D eigenvalue weighted by molar-refractivity contribution is 5.81. The van der Waals surface area contributed by atoms with Gasteiger partial charge in [0.1, 0.15) is 30.2 Å². The average Bonchev–Trinajstić information content (AvgIpc) is 3.27.